The molecule has 194 valence electrons. The Morgan fingerprint density at radius 1 is 1.00 bits per heavy atom. The normalized spacial score (nSPS) is 17.5. The minimum absolute atomic E-state index is 0.163. The quantitative estimate of drug-likeness (QED) is 0.251. The summed E-state index contributed by atoms with van der Waals surface area (Å²) in [6.07, 6.45) is -0.210. The maximum absolute atomic E-state index is 12.6. The van der Waals surface area contributed by atoms with Gasteiger partial charge in [-0.05, 0) is 12.5 Å². The highest BCUT2D eigenvalue weighted by molar-refractivity contribution is 5.89. The van der Waals surface area contributed by atoms with E-state index in [0.29, 0.717) is 38.9 Å². The zero-order valence-corrected chi connectivity index (χ0v) is 21.3. The van der Waals surface area contributed by atoms with E-state index in [-0.39, 0.29) is 38.0 Å². The van der Waals surface area contributed by atoms with Crippen molar-refractivity contribution in [3.05, 3.63) is 0 Å². The molecule has 1 aliphatic heterocycles. The van der Waals surface area contributed by atoms with Gasteiger partial charge in [0.2, 0.25) is 11.8 Å². The molecule has 10 heteroatoms. The lowest BCUT2D eigenvalue weighted by Gasteiger charge is -2.24. The molecule has 0 aromatic rings. The van der Waals surface area contributed by atoms with Crippen LogP contribution in [0.4, 0.5) is 0 Å². The van der Waals surface area contributed by atoms with Crippen LogP contribution in [0.15, 0.2) is 0 Å². The first-order valence-corrected chi connectivity index (χ1v) is 12.0. The lowest BCUT2D eigenvalue weighted by atomic mass is 10.1. The Balaban J connectivity index is 0.00000497. The van der Waals surface area contributed by atoms with Crippen molar-refractivity contribution in [2.24, 2.45) is 5.92 Å². The van der Waals surface area contributed by atoms with Gasteiger partial charge in [-0.25, -0.2) is 0 Å². The van der Waals surface area contributed by atoms with Gasteiger partial charge in [-0.3, -0.25) is 14.4 Å². The van der Waals surface area contributed by atoms with Gasteiger partial charge in [0.15, 0.2) is 0 Å². The number of hydrogen-bond acceptors (Lipinski definition) is 8. The molecule has 10 nitrogen and oxygen atoms in total. The first-order valence-electron chi connectivity index (χ1n) is 12.0. The summed E-state index contributed by atoms with van der Waals surface area (Å²) in [5.74, 6) is -0.694. The van der Waals surface area contributed by atoms with Gasteiger partial charge in [0.05, 0.1) is 39.6 Å². The van der Waals surface area contributed by atoms with Crippen molar-refractivity contribution in [1.82, 2.24) is 15.5 Å². The highest BCUT2D eigenvalue weighted by Gasteiger charge is 2.40. The fourth-order valence-corrected chi connectivity index (χ4v) is 3.07. The molecule has 1 rings (SSSR count). The van der Waals surface area contributed by atoms with Crippen molar-refractivity contribution in [1.29, 1.82) is 0 Å². The van der Waals surface area contributed by atoms with Crippen molar-refractivity contribution in [3.8, 4) is 0 Å². The van der Waals surface area contributed by atoms with Crippen LogP contribution in [-0.2, 0) is 33.3 Å². The number of likely N-dealkylation sites (tertiary alicyclic amines) is 1. The van der Waals surface area contributed by atoms with Gasteiger partial charge in [0.25, 0.3) is 0 Å². The molecule has 1 heterocycles. The summed E-state index contributed by atoms with van der Waals surface area (Å²) >= 11 is 0. The van der Waals surface area contributed by atoms with Crippen LogP contribution < -0.4 is 10.6 Å². The second-order valence-corrected chi connectivity index (χ2v) is 7.80. The van der Waals surface area contributed by atoms with Crippen LogP contribution in [0.25, 0.3) is 0 Å². The van der Waals surface area contributed by atoms with Crippen LogP contribution >= 0.6 is 0 Å². The third-order valence-corrected chi connectivity index (χ3v) is 4.55. The minimum Gasteiger partial charge on any atom is -0.461 e. The number of amides is 2. The monoisotopic (exact) mass is 475 g/mol. The van der Waals surface area contributed by atoms with E-state index < -0.39 is 18.1 Å². The summed E-state index contributed by atoms with van der Waals surface area (Å²) in [4.78, 5) is 37.8. The minimum atomic E-state index is -0.671. The third-order valence-electron chi connectivity index (χ3n) is 4.55. The summed E-state index contributed by atoms with van der Waals surface area (Å²) in [5, 5.41) is 6.01. The van der Waals surface area contributed by atoms with Crippen LogP contribution in [-0.4, -0.2) is 101 Å². The maximum Gasteiger partial charge on any atom is 0.302 e. The van der Waals surface area contributed by atoms with Gasteiger partial charge in [-0.2, -0.15) is 0 Å². The lowest BCUT2D eigenvalue weighted by Crippen LogP contribution is -2.47. The molecule has 0 bridgehead atoms. The fourth-order valence-electron chi connectivity index (χ4n) is 3.07. The maximum atomic E-state index is 12.6. The van der Waals surface area contributed by atoms with Gasteiger partial charge in [0.1, 0.15) is 18.8 Å². The number of esters is 1. The number of nitrogens with one attached hydrogen (secondary N) is 2. The van der Waals surface area contributed by atoms with Crippen LogP contribution in [0.5, 0.6) is 0 Å². The van der Waals surface area contributed by atoms with Gasteiger partial charge < -0.3 is 34.5 Å². The molecule has 0 aromatic carbocycles. The molecule has 0 spiro atoms. The van der Waals surface area contributed by atoms with E-state index in [0.717, 1.165) is 13.1 Å². The predicted octanol–water partition coefficient (Wildman–Crippen LogP) is 0.977. The molecule has 0 aromatic heterocycles. The van der Waals surface area contributed by atoms with E-state index in [1.807, 2.05) is 34.6 Å². The Bertz CT molecular complexity index is 546. The van der Waals surface area contributed by atoms with Gasteiger partial charge >= 0.3 is 5.97 Å². The number of carbonyl (C=O) groups excluding carboxylic acids is 3. The first-order chi connectivity index (χ1) is 15.8. The molecule has 2 N–H and O–H groups in total. The van der Waals surface area contributed by atoms with Gasteiger partial charge in [-0.1, -0.05) is 34.6 Å². The second-order valence-electron chi connectivity index (χ2n) is 7.80. The highest BCUT2D eigenvalue weighted by atomic mass is 16.5. The van der Waals surface area contributed by atoms with Crippen molar-refractivity contribution >= 4 is 17.8 Å². The summed E-state index contributed by atoms with van der Waals surface area (Å²) in [6, 6.07) is -0.671. The Hall–Kier alpha value is -1.75. The molecule has 0 aliphatic carbocycles. The summed E-state index contributed by atoms with van der Waals surface area (Å²) in [7, 11) is 0. The van der Waals surface area contributed by atoms with Gasteiger partial charge in [-0.15, -0.1) is 0 Å². The number of ether oxygens (including phenoxy) is 4. The van der Waals surface area contributed by atoms with E-state index in [1.165, 1.54) is 11.8 Å². The molecule has 0 saturated carbocycles. The highest BCUT2D eigenvalue weighted by Crippen LogP contribution is 2.21. The second kappa shape index (κ2) is 19.7. The zero-order chi connectivity index (χ0) is 25.1. The molecule has 1 aliphatic rings. The van der Waals surface area contributed by atoms with Crippen LogP contribution in [0.2, 0.25) is 0 Å². The molecular weight excluding hydrogens is 430 g/mol. The van der Waals surface area contributed by atoms with Crippen molar-refractivity contribution < 1.29 is 33.3 Å². The Morgan fingerprint density at radius 2 is 1.61 bits per heavy atom. The van der Waals surface area contributed by atoms with Crippen LogP contribution in [0.1, 0.15) is 48.0 Å². The van der Waals surface area contributed by atoms with E-state index in [4.69, 9.17) is 18.9 Å². The van der Waals surface area contributed by atoms with E-state index in [2.05, 4.69) is 10.6 Å². The predicted molar refractivity (Wildman–Crippen MR) is 126 cm³/mol. The van der Waals surface area contributed by atoms with E-state index >= 15 is 0 Å². The topological polar surface area (TPSA) is 115 Å². The van der Waals surface area contributed by atoms with Crippen molar-refractivity contribution in [3.63, 3.8) is 0 Å². The molecule has 1 fully saturated rings. The van der Waals surface area contributed by atoms with Crippen LogP contribution in [0, 0.1) is 5.92 Å². The summed E-state index contributed by atoms with van der Waals surface area (Å²) in [5.41, 5.74) is 0. The SMILES string of the molecule is CC.CCNCCOCCOCCOCC(=O)N1CC(OC(C)=O)CC1C(=O)NCC(C)C. The lowest BCUT2D eigenvalue weighted by molar-refractivity contribution is -0.147. The molecule has 2 unspecified atom stereocenters. The number of rotatable bonds is 16. The zero-order valence-electron chi connectivity index (χ0n) is 21.3. The molecular formula is C23H45N3O7. The first kappa shape index (κ1) is 31.2. The Morgan fingerprint density at radius 3 is 2.18 bits per heavy atom. The van der Waals surface area contributed by atoms with Crippen molar-refractivity contribution in [2.45, 2.75) is 60.1 Å². The molecule has 2 atom stereocenters. The molecule has 1 saturated heterocycles. The Kier molecular flexibility index (Phi) is 18.7. The number of nitrogens with zero attached hydrogens (tertiary/aromatic N) is 1. The largest absolute Gasteiger partial charge is 0.461 e. The average Bonchev–Trinajstić information content (AvgIpc) is 3.20. The summed E-state index contributed by atoms with van der Waals surface area (Å²) < 4.78 is 21.4. The standard InChI is InChI=1S/C21H39N3O7.C2H6/c1-5-22-6-7-28-8-9-29-10-11-30-15-20(26)24-14-18(31-17(4)25)12-19(24)21(27)23-13-16(2)3;1-2/h16,18-19,22H,5-15H2,1-4H3,(H,23,27);1-2H3. The van der Waals surface area contributed by atoms with Crippen LogP contribution in [0.3, 0.4) is 0 Å². The van der Waals surface area contributed by atoms with Crippen molar-refractivity contribution in [2.75, 3.05) is 65.8 Å². The fraction of sp³-hybridized carbons (Fsp3) is 0.870. The Labute approximate surface area is 199 Å². The molecule has 33 heavy (non-hydrogen) atoms. The smallest absolute Gasteiger partial charge is 0.302 e. The van der Waals surface area contributed by atoms with E-state index in [1.54, 1.807) is 0 Å². The molecule has 0 radical (unpaired) electrons. The molecule has 2 amide bonds. The number of likely N-dealkylation sites (N-methyl/N-ethyl adjacent to an activating group) is 1. The van der Waals surface area contributed by atoms with E-state index in [9.17, 15) is 14.4 Å². The average molecular weight is 476 g/mol. The third kappa shape index (κ3) is 14.9. The number of carbonyl (C=O) groups is 3. The van der Waals surface area contributed by atoms with Gasteiger partial charge in [0, 0.05) is 26.4 Å². The summed E-state index contributed by atoms with van der Waals surface area (Å²) in [6.45, 7) is 15.8. The number of hydrogen-bond donors (Lipinski definition) is 2.